The average Bonchev–Trinajstić information content (AvgIpc) is 1.84. The Morgan fingerprint density at radius 1 is 1.27 bits per heavy atom. The van der Waals surface area contributed by atoms with Crippen molar-refractivity contribution in [1.82, 2.24) is 0 Å². The van der Waals surface area contributed by atoms with Crippen LogP contribution in [0.5, 0.6) is 0 Å². The molecule has 0 heterocycles. The maximum absolute atomic E-state index is 9.07. The van der Waals surface area contributed by atoms with Crippen LogP contribution in [0.3, 0.4) is 0 Å². The number of thiocarbonyl (C=S) groups is 2. The third-order valence-corrected chi connectivity index (χ3v) is 4.97. The van der Waals surface area contributed by atoms with Gasteiger partial charge >= 0.3 is 0 Å². The molecule has 64 valence electrons. The molecule has 2 N–H and O–H groups in total. The molecule has 0 rings (SSSR count). The van der Waals surface area contributed by atoms with E-state index in [1.165, 1.54) is 0 Å². The average molecular weight is 224 g/mol. The van der Waals surface area contributed by atoms with E-state index in [1.807, 2.05) is 0 Å². The van der Waals surface area contributed by atoms with Crippen LogP contribution in [-0.4, -0.2) is 40.8 Å². The lowest BCUT2D eigenvalue weighted by molar-refractivity contribution is 0.519. The molecule has 0 aliphatic rings. The zero-order valence-corrected chi connectivity index (χ0v) is 12.3. The molecule has 11 heavy (non-hydrogen) atoms. The highest BCUT2D eigenvalue weighted by Gasteiger charge is 2.22. The summed E-state index contributed by atoms with van der Waals surface area (Å²) in [7, 11) is 1.68. The molecule has 0 aliphatic carbocycles. The van der Waals surface area contributed by atoms with Gasteiger partial charge in [0.2, 0.25) is 0 Å². The normalized spacial score (nSPS) is 16.0. The molecule has 0 spiro atoms. The molecule has 0 aromatic rings. The second kappa shape index (κ2) is 4.29. The third-order valence-electron chi connectivity index (χ3n) is 1.54. The van der Waals surface area contributed by atoms with E-state index >= 15 is 0 Å². The van der Waals surface area contributed by atoms with Crippen LogP contribution in [0.25, 0.3) is 0 Å². The minimum absolute atomic E-state index is 0.0114. The van der Waals surface area contributed by atoms with Crippen molar-refractivity contribution in [1.29, 1.82) is 0 Å². The van der Waals surface area contributed by atoms with E-state index in [0.717, 1.165) is 20.5 Å². The number of aliphatic hydroxyl groups excluding tert-OH is 2. The van der Waals surface area contributed by atoms with Crippen molar-refractivity contribution in [3.63, 3.8) is 0 Å². The van der Waals surface area contributed by atoms with Crippen LogP contribution < -0.4 is 0 Å². The van der Waals surface area contributed by atoms with Gasteiger partial charge in [-0.3, -0.25) is 0 Å². The van der Waals surface area contributed by atoms with Crippen LogP contribution in [-0.2, 0) is 0 Å². The van der Waals surface area contributed by atoms with Crippen molar-refractivity contribution in [3.8, 4) is 0 Å². The van der Waals surface area contributed by atoms with Crippen molar-refractivity contribution in [2.75, 3.05) is 0 Å². The molecule has 6 heteroatoms. The van der Waals surface area contributed by atoms with Crippen LogP contribution >= 0.6 is 24.4 Å². The second-order valence-electron chi connectivity index (χ2n) is 3.08. The molecule has 0 saturated heterocycles. The van der Waals surface area contributed by atoms with Crippen LogP contribution in [0.15, 0.2) is 0 Å². The fraction of sp³-hybridized carbons (Fsp3) is 0.600. The monoisotopic (exact) mass is 224 g/mol. The highest BCUT2D eigenvalue weighted by molar-refractivity contribution is 7.80. The Balaban J connectivity index is 3.92. The van der Waals surface area contributed by atoms with Crippen molar-refractivity contribution in [3.05, 3.63) is 0 Å². The van der Waals surface area contributed by atoms with Gasteiger partial charge in [-0.2, -0.15) is 0 Å². The van der Waals surface area contributed by atoms with Gasteiger partial charge in [0.1, 0.15) is 0 Å². The molecule has 0 saturated carbocycles. The zero-order chi connectivity index (χ0) is 9.07. The largest absolute Gasteiger partial charge is 0.502 e. The van der Waals surface area contributed by atoms with Crippen LogP contribution in [0.4, 0.5) is 0 Å². The summed E-state index contributed by atoms with van der Waals surface area (Å²) in [4.78, 5) is 0. The van der Waals surface area contributed by atoms with Crippen molar-refractivity contribution in [2.24, 2.45) is 0 Å². The number of hydrogen-bond acceptors (Lipinski definition) is 2. The highest BCUT2D eigenvalue weighted by atomic mass is 32.1. The first-order chi connectivity index (χ1) is 4.86. The predicted octanol–water partition coefficient (Wildman–Crippen LogP) is -0.616. The van der Waals surface area contributed by atoms with Crippen molar-refractivity contribution in [2.45, 2.75) is 17.5 Å². The second-order valence-corrected chi connectivity index (χ2v) is 10.4. The Hall–Kier alpha value is 0.214. The van der Waals surface area contributed by atoms with Gasteiger partial charge in [0.25, 0.3) is 0 Å². The first kappa shape index (κ1) is 11.2. The zero-order valence-electron chi connectivity index (χ0n) is 6.63. The van der Waals surface area contributed by atoms with Gasteiger partial charge in [-0.15, -0.1) is 0 Å². The van der Waals surface area contributed by atoms with Gasteiger partial charge in [0.05, 0.1) is 0 Å². The summed E-state index contributed by atoms with van der Waals surface area (Å²) in [5.41, 5.74) is 0. The molecule has 0 unspecified atom stereocenters. The van der Waals surface area contributed by atoms with Crippen LogP contribution in [0, 0.1) is 0 Å². The van der Waals surface area contributed by atoms with Gasteiger partial charge < -0.3 is 10.2 Å². The Kier molecular flexibility index (Phi) is 4.38. The first-order valence-electron chi connectivity index (χ1n) is 3.31. The Bertz CT molecular complexity index is 181. The van der Waals surface area contributed by atoms with Gasteiger partial charge in [0, 0.05) is 31.6 Å². The van der Waals surface area contributed by atoms with E-state index in [-0.39, 0.29) is 14.8 Å². The maximum Gasteiger partial charge on any atom is 0.156 e. The van der Waals surface area contributed by atoms with Crippen LogP contribution in [0.2, 0.25) is 4.66 Å². The summed E-state index contributed by atoms with van der Waals surface area (Å²) >= 11 is 9.20. The van der Waals surface area contributed by atoms with Gasteiger partial charge in [-0.25, -0.2) is 0 Å². The fourth-order valence-corrected chi connectivity index (χ4v) is 1.23. The van der Waals surface area contributed by atoms with E-state index in [9.17, 15) is 0 Å². The van der Waals surface area contributed by atoms with Crippen molar-refractivity contribution < 1.29 is 10.2 Å². The quantitative estimate of drug-likeness (QED) is 0.493. The number of aliphatic hydroxyl groups is 2. The Labute approximate surface area is 82.8 Å². The molecule has 0 aromatic heterocycles. The standard InChI is InChI=1S/C5H12O2S2Si2/c6-3(8)1-2-5(10,11)4(7)9/h1-2H2,10-11H3,(H,6,8)(H,7,9). The van der Waals surface area contributed by atoms with E-state index in [1.54, 1.807) is 0 Å². The molecule has 0 radical (unpaired) electrons. The summed E-state index contributed by atoms with van der Waals surface area (Å²) in [5, 5.41) is 17.9. The predicted molar refractivity (Wildman–Crippen MR) is 62.3 cm³/mol. The van der Waals surface area contributed by atoms with E-state index < -0.39 is 0 Å². The summed E-state index contributed by atoms with van der Waals surface area (Å²) in [6.45, 7) is 0. The topological polar surface area (TPSA) is 40.5 Å². The third kappa shape index (κ3) is 4.62. The van der Waals surface area contributed by atoms with Gasteiger partial charge in [-0.05, 0) is 30.9 Å². The SMILES string of the molecule is OC(=S)CCC([SiH3])([SiH3])C(O)=S. The molecule has 0 bridgehead atoms. The molecular weight excluding hydrogens is 212 g/mol. The minimum atomic E-state index is -0.151. The summed E-state index contributed by atoms with van der Waals surface area (Å²) in [6, 6.07) is 0. The first-order valence-corrected chi connectivity index (χ1v) is 6.13. The fourth-order valence-electron chi connectivity index (χ4n) is 0.526. The lowest BCUT2D eigenvalue weighted by Gasteiger charge is -2.20. The number of hydrogen-bond donors (Lipinski definition) is 2. The molecule has 2 nitrogen and oxygen atoms in total. The number of rotatable bonds is 4. The van der Waals surface area contributed by atoms with E-state index in [4.69, 9.17) is 10.2 Å². The van der Waals surface area contributed by atoms with E-state index in [2.05, 4.69) is 24.4 Å². The minimum Gasteiger partial charge on any atom is -0.502 e. The van der Waals surface area contributed by atoms with Gasteiger partial charge in [0.15, 0.2) is 10.1 Å². The molecule has 0 amide bonds. The maximum atomic E-state index is 9.07. The molecule has 0 atom stereocenters. The molecule has 0 aliphatic heterocycles. The Morgan fingerprint density at radius 3 is 2.00 bits per heavy atom. The summed E-state index contributed by atoms with van der Waals surface area (Å²) in [6.07, 6.45) is 1.18. The van der Waals surface area contributed by atoms with Crippen LogP contribution in [0.1, 0.15) is 12.8 Å². The molecule has 0 aromatic carbocycles. The lowest BCUT2D eigenvalue weighted by Crippen LogP contribution is -2.23. The van der Waals surface area contributed by atoms with E-state index in [0.29, 0.717) is 12.8 Å². The summed E-state index contributed by atoms with van der Waals surface area (Å²) in [5.74, 6) is 0. The molecular formula is C5H12O2S2Si2. The molecule has 0 fully saturated rings. The highest BCUT2D eigenvalue weighted by Crippen LogP contribution is 2.24. The van der Waals surface area contributed by atoms with Crippen molar-refractivity contribution >= 4 is 55.0 Å². The summed E-state index contributed by atoms with van der Waals surface area (Å²) < 4.78 is -0.151. The lowest BCUT2D eigenvalue weighted by atomic mass is 10.2. The van der Waals surface area contributed by atoms with Gasteiger partial charge in [-0.1, -0.05) is 0 Å². The smallest absolute Gasteiger partial charge is 0.156 e. The Morgan fingerprint density at radius 2 is 1.73 bits per heavy atom.